The first kappa shape index (κ1) is 66.2. The van der Waals surface area contributed by atoms with Crippen molar-refractivity contribution in [2.75, 3.05) is 52.4 Å². The molecule has 9 amide bonds. The number of nitrogens with zero attached hydrogens (tertiary/aromatic N) is 1. The Labute approximate surface area is 428 Å². The van der Waals surface area contributed by atoms with E-state index in [9.17, 15) is 47.9 Å². The van der Waals surface area contributed by atoms with Gasteiger partial charge in [-0.25, -0.2) is 0 Å². The van der Waals surface area contributed by atoms with Gasteiger partial charge in [0.05, 0.1) is 51.0 Å². The summed E-state index contributed by atoms with van der Waals surface area (Å²) in [6, 6.07) is -0.793. The summed E-state index contributed by atoms with van der Waals surface area (Å²) in [6.45, 7) is 4.72. The molecular formula is C46H79B5N10O10. The molecule has 20 nitrogen and oxygen atoms in total. The third-order valence-corrected chi connectivity index (χ3v) is 10.9. The average molecular weight is 986 g/mol. The number of unbranched alkanes of at least 4 members (excludes halogenated alkanes) is 9. The summed E-state index contributed by atoms with van der Waals surface area (Å²) in [5.74, 6) is -4.52. The molecule has 0 spiro atoms. The highest BCUT2D eigenvalue weighted by Gasteiger charge is 2.21. The standard InChI is InChI=1S/C46H79B5N10O10/c1-33(2)35(62)19-8-9-23-37(64)57-34(18-12-17-28-52-36(63)20-10-11-24-40(67)60-51)44(71)56-29-16-5-15-27-55-43(70)32-61(30-41(68)53-25-13-3-6-21-38(65)58-45(47)48)31-42(69)54-26-14-4-7-22-39(66)59-46(49)50/h33-34,45-46H,3-32H2,1-2H3,(H,52,63)(H,53,68)(H,54,69)(H,55,70)(H,56,71)(H,57,64)(H,58,65)(H,59,66)(H,60,67). The SMILES string of the molecule is [B]NC(=O)CCCCC(=O)NCCCCC(NC(=O)CCCCC(=O)C(C)C)C(=O)NCCCCCNC(=O)CN(CC(=O)NCCCCCC(=O)NC([B])[B])CC(=O)NCCCCCC(=O)NC([B])[B]. The molecule has 0 aliphatic heterocycles. The first-order valence-electron chi connectivity index (χ1n) is 25.3. The fourth-order valence-electron chi connectivity index (χ4n) is 6.92. The van der Waals surface area contributed by atoms with E-state index in [0.29, 0.717) is 142 Å². The molecule has 0 aromatic carbocycles. The van der Waals surface area contributed by atoms with Crippen LogP contribution in [0.4, 0.5) is 0 Å². The van der Waals surface area contributed by atoms with E-state index in [2.05, 4.69) is 47.8 Å². The molecule has 0 rings (SSSR count). The van der Waals surface area contributed by atoms with Crippen LogP contribution in [0.15, 0.2) is 0 Å². The zero-order valence-electron chi connectivity index (χ0n) is 42.4. The lowest BCUT2D eigenvalue weighted by Gasteiger charge is -2.21. The molecule has 0 heterocycles. The molecule has 0 bridgehead atoms. The largest absolute Gasteiger partial charge is 0.409 e. The van der Waals surface area contributed by atoms with Crippen LogP contribution >= 0.6 is 0 Å². The summed E-state index contributed by atoms with van der Waals surface area (Å²) < 4.78 is 0. The molecule has 0 aromatic rings. The van der Waals surface area contributed by atoms with Gasteiger partial charge in [0.2, 0.25) is 61.1 Å². The summed E-state index contributed by atoms with van der Waals surface area (Å²) in [5.41, 5.74) is 0. The number of hydrogen-bond acceptors (Lipinski definition) is 11. The minimum absolute atomic E-state index is 0.0695. The second kappa shape index (κ2) is 42.8. The summed E-state index contributed by atoms with van der Waals surface area (Å²) >= 11 is 0. The average Bonchev–Trinajstić information content (AvgIpc) is 3.29. The molecule has 1 unspecified atom stereocenters. The van der Waals surface area contributed by atoms with Gasteiger partial charge in [-0.1, -0.05) is 26.7 Å². The van der Waals surface area contributed by atoms with Gasteiger partial charge in [-0.3, -0.25) is 52.8 Å². The number of carbonyl (C=O) groups is 10. The fraction of sp³-hybridized carbons (Fsp3) is 0.783. The van der Waals surface area contributed by atoms with Gasteiger partial charge in [-0.05, 0) is 102 Å². The predicted molar refractivity (Wildman–Crippen MR) is 276 cm³/mol. The number of carbonyl (C=O) groups excluding carboxylic acids is 10. The van der Waals surface area contributed by atoms with Crippen molar-refractivity contribution in [3.63, 3.8) is 0 Å². The van der Waals surface area contributed by atoms with E-state index in [1.54, 1.807) is 0 Å². The zero-order chi connectivity index (χ0) is 53.2. The third-order valence-electron chi connectivity index (χ3n) is 10.9. The zero-order valence-corrected chi connectivity index (χ0v) is 42.4. The lowest BCUT2D eigenvalue weighted by atomic mass is 9.78. The van der Waals surface area contributed by atoms with Crippen molar-refractivity contribution >= 4 is 98.3 Å². The maximum absolute atomic E-state index is 13.3. The van der Waals surface area contributed by atoms with Crippen molar-refractivity contribution in [2.45, 2.75) is 173 Å². The van der Waals surface area contributed by atoms with Crippen molar-refractivity contribution in [1.82, 2.24) is 52.7 Å². The van der Waals surface area contributed by atoms with Crippen molar-refractivity contribution < 1.29 is 47.9 Å². The Morgan fingerprint density at radius 3 is 1.14 bits per heavy atom. The van der Waals surface area contributed by atoms with Crippen LogP contribution in [0.1, 0.15) is 155 Å². The third kappa shape index (κ3) is 41.5. The Morgan fingerprint density at radius 1 is 0.380 bits per heavy atom. The van der Waals surface area contributed by atoms with E-state index in [4.69, 9.17) is 39.4 Å². The van der Waals surface area contributed by atoms with E-state index in [1.165, 1.54) is 4.90 Å². The van der Waals surface area contributed by atoms with Crippen LogP contribution in [-0.2, 0) is 47.9 Å². The predicted octanol–water partition coefficient (Wildman–Crippen LogP) is -1.17. The summed E-state index contributed by atoms with van der Waals surface area (Å²) in [5, 5.41) is 23.8. The first-order valence-corrected chi connectivity index (χ1v) is 25.3. The Kier molecular flexibility index (Phi) is 39.9. The molecule has 0 saturated heterocycles. The highest BCUT2D eigenvalue weighted by molar-refractivity contribution is 6.36. The maximum atomic E-state index is 13.3. The van der Waals surface area contributed by atoms with Gasteiger partial charge >= 0.3 is 0 Å². The second-order valence-electron chi connectivity index (χ2n) is 17.9. The highest BCUT2D eigenvalue weighted by atomic mass is 16.2. The molecule has 388 valence electrons. The van der Waals surface area contributed by atoms with E-state index < -0.39 is 17.7 Å². The molecule has 9 N–H and O–H groups in total. The van der Waals surface area contributed by atoms with Crippen molar-refractivity contribution in [1.29, 1.82) is 0 Å². The molecule has 0 aliphatic carbocycles. The Morgan fingerprint density at radius 2 is 0.718 bits per heavy atom. The van der Waals surface area contributed by atoms with Gasteiger partial charge in [0, 0.05) is 77.2 Å². The van der Waals surface area contributed by atoms with Gasteiger partial charge in [0.1, 0.15) is 11.8 Å². The molecule has 0 aromatic heterocycles. The van der Waals surface area contributed by atoms with Crippen molar-refractivity contribution in [3.05, 3.63) is 0 Å². The summed E-state index contributed by atoms with van der Waals surface area (Å²) in [6.07, 6.45) is 10.7. The molecular weight excluding hydrogens is 907 g/mol. The number of Topliss-reactive ketones (excluding diaryl/α,β-unsaturated/α-hetero) is 1. The minimum Gasteiger partial charge on any atom is -0.409 e. The lowest BCUT2D eigenvalue weighted by molar-refractivity contribution is -0.129. The number of hydrogen-bond donors (Lipinski definition) is 9. The Balaban J connectivity index is 5.04. The maximum Gasteiger partial charge on any atom is 0.242 e. The van der Waals surface area contributed by atoms with E-state index in [-0.39, 0.29) is 117 Å². The lowest BCUT2D eigenvalue weighted by Crippen LogP contribution is -2.47. The van der Waals surface area contributed by atoms with Crippen LogP contribution in [0.25, 0.3) is 0 Å². The van der Waals surface area contributed by atoms with E-state index in [1.807, 2.05) is 13.8 Å². The van der Waals surface area contributed by atoms with Gasteiger partial charge in [0.15, 0.2) is 0 Å². The summed E-state index contributed by atoms with van der Waals surface area (Å²) in [7, 11) is 26.5. The van der Waals surface area contributed by atoms with Crippen LogP contribution < -0.4 is 47.8 Å². The smallest absolute Gasteiger partial charge is 0.242 e. The molecule has 1 atom stereocenters. The second-order valence-corrected chi connectivity index (χ2v) is 17.9. The monoisotopic (exact) mass is 987 g/mol. The van der Waals surface area contributed by atoms with Crippen LogP contribution in [-0.4, -0.2) is 173 Å². The molecule has 0 saturated carbocycles. The van der Waals surface area contributed by atoms with E-state index in [0.717, 1.165) is 0 Å². The summed E-state index contributed by atoms with van der Waals surface area (Å²) in [4.78, 5) is 125. The number of rotatable bonds is 44. The minimum atomic E-state index is -0.928. The van der Waals surface area contributed by atoms with Gasteiger partial charge < -0.3 is 47.8 Å². The van der Waals surface area contributed by atoms with Crippen LogP contribution in [0, 0.1) is 5.92 Å². The van der Waals surface area contributed by atoms with Crippen LogP contribution in [0.2, 0.25) is 0 Å². The van der Waals surface area contributed by atoms with Gasteiger partial charge in [0.25, 0.3) is 0 Å². The molecule has 0 aliphatic rings. The van der Waals surface area contributed by atoms with Gasteiger partial charge in [-0.2, -0.15) is 0 Å². The van der Waals surface area contributed by atoms with Gasteiger partial charge in [-0.15, -0.1) is 0 Å². The fourth-order valence-corrected chi connectivity index (χ4v) is 6.92. The van der Waals surface area contributed by atoms with Crippen LogP contribution in [0.3, 0.4) is 0 Å². The van der Waals surface area contributed by atoms with E-state index >= 15 is 0 Å². The Bertz CT molecular complexity index is 1570. The van der Waals surface area contributed by atoms with Crippen molar-refractivity contribution in [3.8, 4) is 0 Å². The first-order chi connectivity index (χ1) is 33.8. The molecule has 25 heteroatoms. The number of nitrogens with one attached hydrogen (secondary N) is 9. The number of ketones is 1. The topological polar surface area (TPSA) is 282 Å². The molecule has 71 heavy (non-hydrogen) atoms. The molecule has 0 fully saturated rings. The highest BCUT2D eigenvalue weighted by Crippen LogP contribution is 2.09. The normalized spacial score (nSPS) is 11.4. The Hall–Kier alpha value is -4.82. The van der Waals surface area contributed by atoms with Crippen LogP contribution in [0.5, 0.6) is 0 Å². The number of amides is 9. The van der Waals surface area contributed by atoms with Crippen molar-refractivity contribution in [2.24, 2.45) is 5.92 Å². The molecule has 10 radical (unpaired) electrons. The quantitative estimate of drug-likeness (QED) is 0.0259.